The Morgan fingerprint density at radius 2 is 2.06 bits per heavy atom. The van der Waals surface area contributed by atoms with E-state index in [-0.39, 0.29) is 0 Å². The molecule has 4 heteroatoms. The molecule has 0 amide bonds. The van der Waals surface area contributed by atoms with E-state index in [9.17, 15) is 0 Å². The van der Waals surface area contributed by atoms with Gasteiger partial charge in [-0.15, -0.1) is 11.3 Å². The smallest absolute Gasteiger partial charge is 0.128 e. The van der Waals surface area contributed by atoms with Crippen LogP contribution in [0.4, 0.5) is 0 Å². The van der Waals surface area contributed by atoms with Gasteiger partial charge < -0.3 is 4.98 Å². The molecule has 2 heterocycles. The Morgan fingerprint density at radius 3 is 2.78 bits per heavy atom. The highest BCUT2D eigenvalue weighted by Crippen LogP contribution is 2.33. The monoisotopic (exact) mass is 272 g/mol. The van der Waals surface area contributed by atoms with E-state index in [0.29, 0.717) is 0 Å². The fourth-order valence-electron chi connectivity index (χ4n) is 2.02. The van der Waals surface area contributed by atoms with Crippen molar-refractivity contribution in [2.75, 3.05) is 0 Å². The quantitative estimate of drug-likeness (QED) is 0.692. The van der Waals surface area contributed by atoms with Gasteiger partial charge in [-0.1, -0.05) is 43.4 Å². The van der Waals surface area contributed by atoms with Crippen LogP contribution >= 0.6 is 23.6 Å². The highest BCUT2D eigenvalue weighted by Gasteiger charge is 2.08. The summed E-state index contributed by atoms with van der Waals surface area (Å²) >= 11 is 6.99. The molecule has 0 unspecified atom stereocenters. The number of hydrogen-bond donors (Lipinski definition) is 1. The van der Waals surface area contributed by atoms with Crippen molar-refractivity contribution >= 4 is 33.8 Å². The third-order valence-corrected chi connectivity index (χ3v) is 4.26. The van der Waals surface area contributed by atoms with Gasteiger partial charge in [0.05, 0.1) is 11.7 Å². The van der Waals surface area contributed by atoms with Crippen LogP contribution in [0.15, 0.2) is 36.0 Å². The first-order chi connectivity index (χ1) is 8.79. The Morgan fingerprint density at radius 1 is 1.28 bits per heavy atom. The first-order valence-electron chi connectivity index (χ1n) is 5.84. The summed E-state index contributed by atoms with van der Waals surface area (Å²) < 4.78 is 0.760. The lowest BCUT2D eigenvalue weighted by molar-refractivity contribution is 1.14. The number of H-pyrrole nitrogens is 1. The molecule has 0 aliphatic heterocycles. The minimum absolute atomic E-state index is 0.760. The summed E-state index contributed by atoms with van der Waals surface area (Å²) in [6, 6.07) is 8.65. The van der Waals surface area contributed by atoms with Crippen LogP contribution in [0, 0.1) is 4.64 Å². The maximum atomic E-state index is 5.35. The summed E-state index contributed by atoms with van der Waals surface area (Å²) in [7, 11) is 0. The zero-order valence-corrected chi connectivity index (χ0v) is 11.6. The standard InChI is InChI=1S/C14H12N2S2/c1-2-9-3-5-10(6-4-9)11-7-18-14-12(11)13(17)15-8-16-14/h3-8H,2H2,1H3,(H,15,16,17). The summed E-state index contributed by atoms with van der Waals surface area (Å²) in [6.07, 6.45) is 2.72. The molecule has 2 aromatic heterocycles. The van der Waals surface area contributed by atoms with Gasteiger partial charge >= 0.3 is 0 Å². The zero-order valence-electron chi connectivity index (χ0n) is 9.93. The third kappa shape index (κ3) is 1.87. The van der Waals surface area contributed by atoms with Crippen molar-refractivity contribution in [1.29, 1.82) is 0 Å². The molecule has 0 spiro atoms. The van der Waals surface area contributed by atoms with Crippen LogP contribution in [0.2, 0.25) is 0 Å². The molecule has 0 saturated heterocycles. The summed E-state index contributed by atoms with van der Waals surface area (Å²) in [6.45, 7) is 2.16. The molecule has 3 aromatic rings. The lowest BCUT2D eigenvalue weighted by Gasteiger charge is -2.01. The first-order valence-corrected chi connectivity index (χ1v) is 7.12. The van der Waals surface area contributed by atoms with E-state index >= 15 is 0 Å². The molecule has 0 bridgehead atoms. The van der Waals surface area contributed by atoms with Crippen molar-refractivity contribution in [3.8, 4) is 11.1 Å². The van der Waals surface area contributed by atoms with Crippen LogP contribution in [0.1, 0.15) is 12.5 Å². The maximum Gasteiger partial charge on any atom is 0.128 e. The van der Waals surface area contributed by atoms with Crippen molar-refractivity contribution in [2.24, 2.45) is 0 Å². The van der Waals surface area contributed by atoms with Gasteiger partial charge in [-0.2, -0.15) is 0 Å². The van der Waals surface area contributed by atoms with E-state index in [2.05, 4.69) is 46.5 Å². The molecule has 0 atom stereocenters. The van der Waals surface area contributed by atoms with E-state index in [1.807, 2.05) is 0 Å². The molecule has 2 nitrogen and oxygen atoms in total. The van der Waals surface area contributed by atoms with Crippen molar-refractivity contribution in [1.82, 2.24) is 9.97 Å². The number of hydrogen-bond acceptors (Lipinski definition) is 3. The molecule has 1 aromatic carbocycles. The van der Waals surface area contributed by atoms with Gasteiger partial charge in [0.2, 0.25) is 0 Å². The molecule has 90 valence electrons. The number of rotatable bonds is 2. The van der Waals surface area contributed by atoms with Gasteiger partial charge in [-0.3, -0.25) is 0 Å². The molecular formula is C14H12N2S2. The van der Waals surface area contributed by atoms with Crippen LogP contribution in [-0.2, 0) is 6.42 Å². The van der Waals surface area contributed by atoms with Crippen LogP contribution in [-0.4, -0.2) is 9.97 Å². The number of aryl methyl sites for hydroxylation is 1. The zero-order chi connectivity index (χ0) is 12.5. The van der Waals surface area contributed by atoms with Crippen LogP contribution in [0.25, 0.3) is 21.3 Å². The van der Waals surface area contributed by atoms with Gasteiger partial charge in [-0.05, 0) is 17.5 Å². The molecule has 0 fully saturated rings. The van der Waals surface area contributed by atoms with E-state index in [1.54, 1.807) is 17.7 Å². The topological polar surface area (TPSA) is 28.7 Å². The van der Waals surface area contributed by atoms with Gasteiger partial charge in [0.25, 0.3) is 0 Å². The normalized spacial score (nSPS) is 10.9. The Labute approximate surface area is 114 Å². The Balaban J connectivity index is 2.22. The third-order valence-electron chi connectivity index (χ3n) is 3.05. The molecule has 3 rings (SSSR count). The van der Waals surface area contributed by atoms with Crippen molar-refractivity contribution in [3.63, 3.8) is 0 Å². The second kappa shape index (κ2) is 4.63. The van der Waals surface area contributed by atoms with Gasteiger partial charge in [0.1, 0.15) is 9.47 Å². The first kappa shape index (κ1) is 11.6. The number of thiophene rings is 1. The number of nitrogens with zero attached hydrogens (tertiary/aromatic N) is 1. The molecule has 1 N–H and O–H groups in total. The number of fused-ring (bicyclic) bond motifs is 1. The number of nitrogens with one attached hydrogen (secondary N) is 1. The lowest BCUT2D eigenvalue weighted by atomic mass is 10.0. The molecular weight excluding hydrogens is 260 g/mol. The number of aromatic nitrogens is 2. The highest BCUT2D eigenvalue weighted by molar-refractivity contribution is 7.71. The summed E-state index contributed by atoms with van der Waals surface area (Å²) in [4.78, 5) is 8.32. The summed E-state index contributed by atoms with van der Waals surface area (Å²) in [5, 5.41) is 3.18. The molecule has 0 radical (unpaired) electrons. The maximum absolute atomic E-state index is 5.35. The molecule has 0 aliphatic rings. The predicted molar refractivity (Wildman–Crippen MR) is 79.6 cm³/mol. The van der Waals surface area contributed by atoms with Gasteiger partial charge in [-0.25, -0.2) is 4.98 Å². The largest absolute Gasteiger partial charge is 0.337 e. The lowest BCUT2D eigenvalue weighted by Crippen LogP contribution is -1.83. The van der Waals surface area contributed by atoms with Crippen LogP contribution in [0.5, 0.6) is 0 Å². The van der Waals surface area contributed by atoms with Crippen LogP contribution < -0.4 is 0 Å². The molecule has 0 saturated carbocycles. The minimum Gasteiger partial charge on any atom is -0.337 e. The predicted octanol–water partition coefficient (Wildman–Crippen LogP) is 4.58. The van der Waals surface area contributed by atoms with Crippen molar-refractivity contribution in [2.45, 2.75) is 13.3 Å². The number of aromatic amines is 1. The number of benzene rings is 1. The van der Waals surface area contributed by atoms with E-state index in [0.717, 1.165) is 21.3 Å². The fourth-order valence-corrected chi connectivity index (χ4v) is 3.27. The SMILES string of the molecule is CCc1ccc(-c2csc3nc[nH]c(=S)c23)cc1. The minimum atomic E-state index is 0.760. The average molecular weight is 272 g/mol. The van der Waals surface area contributed by atoms with Gasteiger partial charge in [0.15, 0.2) is 0 Å². The Kier molecular flexibility index (Phi) is 2.97. The van der Waals surface area contributed by atoms with Crippen LogP contribution in [0.3, 0.4) is 0 Å². The fraction of sp³-hybridized carbons (Fsp3) is 0.143. The second-order valence-corrected chi connectivity index (χ2v) is 5.38. The van der Waals surface area contributed by atoms with Crippen molar-refractivity contribution < 1.29 is 0 Å². The molecule has 0 aliphatic carbocycles. The Hall–Kier alpha value is -1.52. The summed E-state index contributed by atoms with van der Waals surface area (Å²) in [5.41, 5.74) is 3.72. The molecule has 18 heavy (non-hydrogen) atoms. The average Bonchev–Trinajstić information content (AvgIpc) is 2.84. The van der Waals surface area contributed by atoms with E-state index in [4.69, 9.17) is 12.2 Å². The van der Waals surface area contributed by atoms with Crippen molar-refractivity contribution in [3.05, 3.63) is 46.2 Å². The second-order valence-electron chi connectivity index (χ2n) is 4.11. The van der Waals surface area contributed by atoms with E-state index in [1.165, 1.54) is 16.7 Å². The summed E-state index contributed by atoms with van der Waals surface area (Å²) in [5.74, 6) is 0. The Bertz CT molecular complexity index is 738. The highest BCUT2D eigenvalue weighted by atomic mass is 32.1. The van der Waals surface area contributed by atoms with Gasteiger partial charge in [0, 0.05) is 10.9 Å². The van der Waals surface area contributed by atoms with E-state index < -0.39 is 0 Å².